The molecule has 19 heavy (non-hydrogen) atoms. The summed E-state index contributed by atoms with van der Waals surface area (Å²) in [6.45, 7) is 2.51. The molecule has 0 amide bonds. The fourth-order valence-corrected chi connectivity index (χ4v) is 2.33. The van der Waals surface area contributed by atoms with E-state index in [-0.39, 0.29) is 4.99 Å². The molecule has 0 atom stereocenters. The lowest BCUT2D eigenvalue weighted by Gasteiger charge is -2.13. The fourth-order valence-electron chi connectivity index (χ4n) is 1.79. The summed E-state index contributed by atoms with van der Waals surface area (Å²) < 4.78 is 5.79. The molecule has 98 valence electrons. The number of halogens is 1. The summed E-state index contributed by atoms with van der Waals surface area (Å²) >= 11 is 11.1. The first-order chi connectivity index (χ1) is 9.09. The Hall–Kier alpha value is -1.58. The van der Waals surface area contributed by atoms with Gasteiger partial charge in [-0.15, -0.1) is 0 Å². The molecule has 2 aromatic rings. The van der Waals surface area contributed by atoms with Gasteiger partial charge in [-0.1, -0.05) is 54.2 Å². The summed E-state index contributed by atoms with van der Waals surface area (Å²) in [7, 11) is 0. The lowest BCUT2D eigenvalue weighted by Crippen LogP contribution is -2.12. The Balaban J connectivity index is 2.23. The van der Waals surface area contributed by atoms with Crippen LogP contribution in [0.5, 0.6) is 5.75 Å². The molecule has 0 aromatic heterocycles. The number of benzene rings is 2. The zero-order valence-electron chi connectivity index (χ0n) is 10.5. The first-order valence-corrected chi connectivity index (χ1v) is 6.64. The van der Waals surface area contributed by atoms with Crippen molar-refractivity contribution in [2.24, 2.45) is 5.73 Å². The summed E-state index contributed by atoms with van der Waals surface area (Å²) in [4.78, 5) is 0.241. The quantitative estimate of drug-likeness (QED) is 0.869. The van der Waals surface area contributed by atoms with E-state index in [0.717, 1.165) is 5.56 Å². The molecule has 0 saturated carbocycles. The third kappa shape index (κ3) is 3.25. The van der Waals surface area contributed by atoms with Gasteiger partial charge in [0.1, 0.15) is 17.3 Å². The summed E-state index contributed by atoms with van der Waals surface area (Å²) in [6, 6.07) is 13.4. The summed E-state index contributed by atoms with van der Waals surface area (Å²) in [5.74, 6) is 0.614. The highest BCUT2D eigenvalue weighted by atomic mass is 35.5. The molecule has 2 rings (SSSR count). The van der Waals surface area contributed by atoms with E-state index in [9.17, 15) is 0 Å². The Labute approximate surface area is 123 Å². The molecule has 0 aliphatic rings. The van der Waals surface area contributed by atoms with Crippen LogP contribution in [-0.2, 0) is 6.61 Å². The minimum atomic E-state index is 0.241. The largest absolute Gasteiger partial charge is 0.488 e. The van der Waals surface area contributed by atoms with Crippen molar-refractivity contribution in [3.8, 4) is 5.75 Å². The second kappa shape index (κ2) is 6.04. The van der Waals surface area contributed by atoms with E-state index >= 15 is 0 Å². The van der Waals surface area contributed by atoms with E-state index in [2.05, 4.69) is 0 Å². The van der Waals surface area contributed by atoms with E-state index < -0.39 is 0 Å². The maximum absolute atomic E-state index is 6.09. The zero-order chi connectivity index (χ0) is 13.8. The molecule has 2 aromatic carbocycles. The highest BCUT2D eigenvalue weighted by Gasteiger charge is 2.11. The van der Waals surface area contributed by atoms with Gasteiger partial charge in [-0.25, -0.2) is 0 Å². The Bertz CT molecular complexity index is 613. The SMILES string of the molecule is Cc1ccccc1COc1cccc(Cl)c1C(N)=S. The van der Waals surface area contributed by atoms with Crippen LogP contribution in [0.25, 0.3) is 0 Å². The van der Waals surface area contributed by atoms with Crippen LogP contribution in [-0.4, -0.2) is 4.99 Å². The van der Waals surface area contributed by atoms with Crippen LogP contribution < -0.4 is 10.5 Å². The van der Waals surface area contributed by atoms with Crippen LogP contribution in [0.4, 0.5) is 0 Å². The predicted molar refractivity (Wildman–Crippen MR) is 82.9 cm³/mol. The van der Waals surface area contributed by atoms with Crippen LogP contribution in [0.1, 0.15) is 16.7 Å². The first kappa shape index (κ1) is 13.8. The molecule has 0 unspecified atom stereocenters. The lowest BCUT2D eigenvalue weighted by molar-refractivity contribution is 0.305. The lowest BCUT2D eigenvalue weighted by atomic mass is 10.1. The fraction of sp³-hybridized carbons (Fsp3) is 0.133. The molecular formula is C15H14ClNOS. The van der Waals surface area contributed by atoms with Crippen molar-refractivity contribution in [1.82, 2.24) is 0 Å². The van der Waals surface area contributed by atoms with E-state index in [0.29, 0.717) is 22.9 Å². The molecule has 0 aliphatic carbocycles. The minimum absolute atomic E-state index is 0.241. The number of thiocarbonyl (C=S) groups is 1. The van der Waals surface area contributed by atoms with E-state index in [1.165, 1.54) is 5.56 Å². The topological polar surface area (TPSA) is 35.2 Å². The molecule has 0 bridgehead atoms. The zero-order valence-corrected chi connectivity index (χ0v) is 12.1. The maximum atomic E-state index is 6.09. The van der Waals surface area contributed by atoms with Crippen LogP contribution in [0.3, 0.4) is 0 Å². The van der Waals surface area contributed by atoms with Gasteiger partial charge in [0.05, 0.1) is 10.6 Å². The van der Waals surface area contributed by atoms with Gasteiger partial charge in [-0.2, -0.15) is 0 Å². The van der Waals surface area contributed by atoms with Crippen LogP contribution in [0.15, 0.2) is 42.5 Å². The summed E-state index contributed by atoms with van der Waals surface area (Å²) in [5, 5.41) is 0.509. The maximum Gasteiger partial charge on any atom is 0.131 e. The Morgan fingerprint density at radius 1 is 1.21 bits per heavy atom. The Kier molecular flexibility index (Phi) is 4.40. The van der Waals surface area contributed by atoms with Crippen molar-refractivity contribution in [2.75, 3.05) is 0 Å². The molecule has 0 aliphatic heterocycles. The Morgan fingerprint density at radius 2 is 1.95 bits per heavy atom. The summed E-state index contributed by atoms with van der Waals surface area (Å²) in [6.07, 6.45) is 0. The molecule has 0 heterocycles. The number of rotatable bonds is 4. The van der Waals surface area contributed by atoms with E-state index in [1.807, 2.05) is 43.3 Å². The standard InChI is InChI=1S/C15H14ClNOS/c1-10-5-2-3-6-11(10)9-18-13-8-4-7-12(16)14(13)15(17)19/h2-8H,9H2,1H3,(H2,17,19). The highest BCUT2D eigenvalue weighted by Crippen LogP contribution is 2.27. The van der Waals surface area contributed by atoms with Crippen molar-refractivity contribution in [2.45, 2.75) is 13.5 Å². The third-order valence-corrected chi connectivity index (χ3v) is 3.39. The van der Waals surface area contributed by atoms with Crippen molar-refractivity contribution in [3.05, 3.63) is 64.2 Å². The number of aryl methyl sites for hydroxylation is 1. The van der Waals surface area contributed by atoms with E-state index in [4.69, 9.17) is 34.3 Å². The van der Waals surface area contributed by atoms with Crippen LogP contribution >= 0.6 is 23.8 Å². The number of ether oxygens (including phenoxy) is 1. The van der Waals surface area contributed by atoms with Gasteiger partial charge in [0.2, 0.25) is 0 Å². The van der Waals surface area contributed by atoms with Crippen LogP contribution in [0, 0.1) is 6.92 Å². The number of nitrogens with two attached hydrogens (primary N) is 1. The predicted octanol–water partition coefficient (Wildman–Crippen LogP) is 3.86. The third-order valence-electron chi connectivity index (χ3n) is 2.87. The minimum Gasteiger partial charge on any atom is -0.488 e. The van der Waals surface area contributed by atoms with Gasteiger partial charge in [-0.3, -0.25) is 0 Å². The van der Waals surface area contributed by atoms with Gasteiger partial charge < -0.3 is 10.5 Å². The monoisotopic (exact) mass is 291 g/mol. The molecule has 0 saturated heterocycles. The average Bonchev–Trinajstić information content (AvgIpc) is 2.37. The van der Waals surface area contributed by atoms with Crippen molar-refractivity contribution in [1.29, 1.82) is 0 Å². The van der Waals surface area contributed by atoms with E-state index in [1.54, 1.807) is 6.07 Å². The van der Waals surface area contributed by atoms with Crippen molar-refractivity contribution in [3.63, 3.8) is 0 Å². The van der Waals surface area contributed by atoms with Gasteiger partial charge in [0.15, 0.2) is 0 Å². The molecule has 4 heteroatoms. The second-order valence-electron chi connectivity index (χ2n) is 4.19. The van der Waals surface area contributed by atoms with Crippen LogP contribution in [0.2, 0.25) is 5.02 Å². The number of hydrogen-bond acceptors (Lipinski definition) is 2. The van der Waals surface area contributed by atoms with Gasteiger partial charge >= 0.3 is 0 Å². The van der Waals surface area contributed by atoms with Crippen molar-refractivity contribution >= 4 is 28.8 Å². The molecule has 0 spiro atoms. The smallest absolute Gasteiger partial charge is 0.131 e. The second-order valence-corrected chi connectivity index (χ2v) is 5.04. The first-order valence-electron chi connectivity index (χ1n) is 5.85. The van der Waals surface area contributed by atoms with Crippen molar-refractivity contribution < 1.29 is 4.74 Å². The Morgan fingerprint density at radius 3 is 2.63 bits per heavy atom. The molecular weight excluding hydrogens is 278 g/mol. The molecule has 0 radical (unpaired) electrons. The molecule has 2 N–H and O–H groups in total. The average molecular weight is 292 g/mol. The highest BCUT2D eigenvalue weighted by molar-refractivity contribution is 7.80. The van der Waals surface area contributed by atoms with Gasteiger partial charge in [0.25, 0.3) is 0 Å². The van der Waals surface area contributed by atoms with Gasteiger partial charge in [-0.05, 0) is 30.2 Å². The summed E-state index contributed by atoms with van der Waals surface area (Å²) in [5.41, 5.74) is 8.58. The molecule has 0 fully saturated rings. The molecule has 2 nitrogen and oxygen atoms in total. The van der Waals surface area contributed by atoms with Gasteiger partial charge in [0, 0.05) is 0 Å². The normalized spacial score (nSPS) is 10.2. The number of hydrogen-bond donors (Lipinski definition) is 1.